The van der Waals surface area contributed by atoms with E-state index in [2.05, 4.69) is 4.74 Å². The quantitative estimate of drug-likeness (QED) is 0.866. The molecule has 0 spiro atoms. The number of methoxy groups -OCH3 is 1. The first-order chi connectivity index (χ1) is 10.7. The number of phenols is 1. The van der Waals surface area contributed by atoms with Crippen LogP contribution < -0.4 is 0 Å². The van der Waals surface area contributed by atoms with Gasteiger partial charge >= 0.3 is 12.1 Å². The van der Waals surface area contributed by atoms with Gasteiger partial charge in [-0.1, -0.05) is 6.07 Å². The molecule has 0 radical (unpaired) electrons. The van der Waals surface area contributed by atoms with E-state index in [1.807, 2.05) is 20.8 Å². The van der Waals surface area contributed by atoms with Crippen LogP contribution in [0.5, 0.6) is 5.75 Å². The van der Waals surface area contributed by atoms with Crippen LogP contribution in [0.4, 0.5) is 4.79 Å². The number of amides is 1. The number of carbonyl (C=O) groups is 2. The summed E-state index contributed by atoms with van der Waals surface area (Å²) in [6.45, 7) is 6.12. The average Bonchev–Trinajstić information content (AvgIpc) is 2.90. The Balaban J connectivity index is 2.15. The van der Waals surface area contributed by atoms with Gasteiger partial charge in [-0.3, -0.25) is 9.69 Å². The molecule has 0 saturated carbocycles. The Kier molecular flexibility index (Phi) is 4.82. The number of ether oxygens (including phenoxy) is 2. The van der Waals surface area contributed by atoms with Gasteiger partial charge in [0.1, 0.15) is 11.4 Å². The van der Waals surface area contributed by atoms with E-state index in [1.165, 1.54) is 7.11 Å². The Morgan fingerprint density at radius 2 is 1.87 bits per heavy atom. The van der Waals surface area contributed by atoms with E-state index >= 15 is 0 Å². The van der Waals surface area contributed by atoms with Gasteiger partial charge in [0.25, 0.3) is 0 Å². The van der Waals surface area contributed by atoms with Gasteiger partial charge in [0, 0.05) is 12.0 Å². The second-order valence-corrected chi connectivity index (χ2v) is 6.61. The van der Waals surface area contributed by atoms with Gasteiger partial charge in [0.15, 0.2) is 0 Å². The van der Waals surface area contributed by atoms with Gasteiger partial charge in [-0.25, -0.2) is 4.79 Å². The summed E-state index contributed by atoms with van der Waals surface area (Å²) in [5.74, 6) is -0.123. The van der Waals surface area contributed by atoms with Gasteiger partial charge in [0.05, 0.1) is 20.2 Å². The third-order valence-electron chi connectivity index (χ3n) is 3.68. The highest BCUT2D eigenvalue weighted by Crippen LogP contribution is 2.34. The molecule has 0 bridgehead atoms. The Bertz CT molecular complexity index is 618. The summed E-state index contributed by atoms with van der Waals surface area (Å²) in [4.78, 5) is 25.1. The number of aryl methyl sites for hydroxylation is 1. The van der Waals surface area contributed by atoms with Crippen LogP contribution in [-0.4, -0.2) is 34.8 Å². The second-order valence-electron chi connectivity index (χ2n) is 6.61. The summed E-state index contributed by atoms with van der Waals surface area (Å²) < 4.78 is 10.0. The SMILES string of the molecule is COC(=O)CCc1ccc(O)c2c1CN(C(=O)OC(C)(C)C)C2. The molecule has 1 amide bonds. The van der Waals surface area contributed by atoms with Crippen LogP contribution in [0.25, 0.3) is 0 Å². The fourth-order valence-electron chi connectivity index (χ4n) is 2.57. The monoisotopic (exact) mass is 321 g/mol. The van der Waals surface area contributed by atoms with Gasteiger partial charge in [-0.2, -0.15) is 0 Å². The number of hydrogen-bond acceptors (Lipinski definition) is 5. The zero-order valence-corrected chi connectivity index (χ0v) is 14.0. The molecule has 0 fully saturated rings. The number of benzene rings is 1. The molecule has 1 aliphatic rings. The maximum atomic E-state index is 12.2. The summed E-state index contributed by atoms with van der Waals surface area (Å²) in [6, 6.07) is 3.39. The molecule has 1 heterocycles. The molecule has 126 valence electrons. The summed E-state index contributed by atoms with van der Waals surface area (Å²) >= 11 is 0. The van der Waals surface area contributed by atoms with E-state index in [0.29, 0.717) is 19.5 Å². The number of fused-ring (bicyclic) bond motifs is 1. The van der Waals surface area contributed by atoms with Gasteiger partial charge < -0.3 is 14.6 Å². The lowest BCUT2D eigenvalue weighted by atomic mass is 9.99. The fraction of sp³-hybridized carbons (Fsp3) is 0.529. The molecule has 1 aromatic carbocycles. The number of hydrogen-bond donors (Lipinski definition) is 1. The normalized spacial score (nSPS) is 13.7. The third kappa shape index (κ3) is 4.15. The van der Waals surface area contributed by atoms with Gasteiger partial charge in [-0.15, -0.1) is 0 Å². The molecule has 1 aliphatic heterocycles. The van der Waals surface area contributed by atoms with Crippen molar-refractivity contribution in [3.63, 3.8) is 0 Å². The van der Waals surface area contributed by atoms with Crippen molar-refractivity contribution in [3.8, 4) is 5.75 Å². The van der Waals surface area contributed by atoms with Crippen LogP contribution in [0.1, 0.15) is 43.9 Å². The van der Waals surface area contributed by atoms with Crippen LogP contribution in [0.15, 0.2) is 12.1 Å². The minimum Gasteiger partial charge on any atom is -0.508 e. The Morgan fingerprint density at radius 1 is 1.22 bits per heavy atom. The lowest BCUT2D eigenvalue weighted by Crippen LogP contribution is -2.33. The molecule has 0 unspecified atom stereocenters. The molecular formula is C17H23NO5. The first-order valence-electron chi connectivity index (χ1n) is 7.58. The molecule has 2 rings (SSSR count). The maximum Gasteiger partial charge on any atom is 0.410 e. The van der Waals surface area contributed by atoms with Crippen LogP contribution >= 0.6 is 0 Å². The van der Waals surface area contributed by atoms with Gasteiger partial charge in [-0.05, 0) is 44.4 Å². The minimum absolute atomic E-state index is 0.160. The van der Waals surface area contributed by atoms with Crippen LogP contribution in [0.2, 0.25) is 0 Å². The summed E-state index contributed by atoms with van der Waals surface area (Å²) in [5, 5.41) is 10.0. The molecule has 1 N–H and O–H groups in total. The van der Waals surface area contributed by atoms with Crippen molar-refractivity contribution in [2.45, 2.75) is 52.3 Å². The molecule has 6 heteroatoms. The van der Waals surface area contributed by atoms with E-state index in [4.69, 9.17) is 4.74 Å². The maximum absolute atomic E-state index is 12.2. The van der Waals surface area contributed by atoms with Crippen LogP contribution in [0.3, 0.4) is 0 Å². The zero-order valence-electron chi connectivity index (χ0n) is 14.0. The highest BCUT2D eigenvalue weighted by Gasteiger charge is 2.30. The van der Waals surface area contributed by atoms with E-state index < -0.39 is 11.7 Å². The van der Waals surface area contributed by atoms with Crippen molar-refractivity contribution in [2.24, 2.45) is 0 Å². The first-order valence-corrected chi connectivity index (χ1v) is 7.58. The first kappa shape index (κ1) is 17.1. The number of rotatable bonds is 3. The molecule has 6 nitrogen and oxygen atoms in total. The van der Waals surface area contributed by atoms with E-state index in [0.717, 1.165) is 16.7 Å². The highest BCUT2D eigenvalue weighted by atomic mass is 16.6. The Morgan fingerprint density at radius 3 is 2.48 bits per heavy atom. The summed E-state index contributed by atoms with van der Waals surface area (Å²) in [7, 11) is 1.35. The molecular weight excluding hydrogens is 298 g/mol. The number of esters is 1. The molecule has 0 aliphatic carbocycles. The van der Waals surface area contributed by atoms with Crippen LogP contribution in [0, 0.1) is 0 Å². The summed E-state index contributed by atoms with van der Waals surface area (Å²) in [6.07, 6.45) is 0.365. The lowest BCUT2D eigenvalue weighted by Gasteiger charge is -2.24. The van der Waals surface area contributed by atoms with Crippen molar-refractivity contribution < 1.29 is 24.2 Å². The molecule has 0 atom stereocenters. The van der Waals surface area contributed by atoms with Crippen molar-refractivity contribution in [1.82, 2.24) is 4.90 Å². The predicted octanol–water partition coefficient (Wildman–Crippen LogP) is 2.75. The zero-order chi connectivity index (χ0) is 17.2. The van der Waals surface area contributed by atoms with Crippen molar-refractivity contribution in [2.75, 3.05) is 7.11 Å². The predicted molar refractivity (Wildman–Crippen MR) is 83.9 cm³/mol. The molecule has 23 heavy (non-hydrogen) atoms. The van der Waals surface area contributed by atoms with E-state index in [9.17, 15) is 14.7 Å². The van der Waals surface area contributed by atoms with E-state index in [1.54, 1.807) is 17.0 Å². The lowest BCUT2D eigenvalue weighted by molar-refractivity contribution is -0.140. The van der Waals surface area contributed by atoms with Crippen LogP contribution in [-0.2, 0) is 33.8 Å². The topological polar surface area (TPSA) is 76.1 Å². The van der Waals surface area contributed by atoms with Gasteiger partial charge in [0.2, 0.25) is 0 Å². The molecule has 0 saturated heterocycles. The summed E-state index contributed by atoms with van der Waals surface area (Å²) in [5.41, 5.74) is 1.98. The number of carbonyl (C=O) groups excluding carboxylic acids is 2. The van der Waals surface area contributed by atoms with Crippen molar-refractivity contribution in [3.05, 3.63) is 28.8 Å². The largest absolute Gasteiger partial charge is 0.508 e. The molecule has 0 aromatic heterocycles. The number of aromatic hydroxyl groups is 1. The second kappa shape index (κ2) is 6.48. The Hall–Kier alpha value is -2.24. The molecule has 1 aromatic rings. The number of phenolic OH excluding ortho intramolecular Hbond substituents is 1. The standard InChI is InChI=1S/C17H23NO5/c1-17(2,3)23-16(21)18-9-12-11(6-8-15(20)22-4)5-7-14(19)13(12)10-18/h5,7,19H,6,8-10H2,1-4H3. The van der Waals surface area contributed by atoms with E-state index in [-0.39, 0.29) is 18.1 Å². The number of nitrogens with zero attached hydrogens (tertiary/aromatic N) is 1. The van der Waals surface area contributed by atoms with Crippen molar-refractivity contribution >= 4 is 12.1 Å². The highest BCUT2D eigenvalue weighted by molar-refractivity contribution is 5.71. The smallest absolute Gasteiger partial charge is 0.410 e. The minimum atomic E-state index is -0.568. The Labute approximate surface area is 136 Å². The third-order valence-corrected chi connectivity index (χ3v) is 3.68. The fourth-order valence-corrected chi connectivity index (χ4v) is 2.57. The average molecular weight is 321 g/mol. The van der Waals surface area contributed by atoms with Crippen molar-refractivity contribution in [1.29, 1.82) is 0 Å².